The fraction of sp³-hybridized carbons (Fsp3) is 0.217. The molecule has 3 rings (SSSR count). The summed E-state index contributed by atoms with van der Waals surface area (Å²) in [6, 6.07) is 10.6. The van der Waals surface area contributed by atoms with Crippen LogP contribution in [0.1, 0.15) is 19.4 Å². The maximum absolute atomic E-state index is 13.4. The van der Waals surface area contributed by atoms with Gasteiger partial charge in [-0.15, -0.1) is 6.58 Å². The predicted molar refractivity (Wildman–Crippen MR) is 113 cm³/mol. The Kier molecular flexibility index (Phi) is 6.51. The van der Waals surface area contributed by atoms with E-state index in [1.165, 1.54) is 30.3 Å². The van der Waals surface area contributed by atoms with E-state index >= 15 is 0 Å². The molecule has 30 heavy (non-hydrogen) atoms. The summed E-state index contributed by atoms with van der Waals surface area (Å²) in [7, 11) is 0. The minimum absolute atomic E-state index is 0.0705. The van der Waals surface area contributed by atoms with Crippen molar-refractivity contribution >= 4 is 23.1 Å². The molecular weight excluding hydrogens is 387 g/mol. The first-order chi connectivity index (χ1) is 14.5. The molecule has 2 aromatic rings. The molecule has 0 spiro atoms. The van der Waals surface area contributed by atoms with Gasteiger partial charge in [-0.3, -0.25) is 14.5 Å². The number of carbonyl (C=O) groups is 2. The zero-order valence-corrected chi connectivity index (χ0v) is 16.9. The van der Waals surface area contributed by atoms with Crippen LogP contribution < -0.4 is 14.8 Å². The van der Waals surface area contributed by atoms with Crippen molar-refractivity contribution in [3.63, 3.8) is 0 Å². The summed E-state index contributed by atoms with van der Waals surface area (Å²) >= 11 is 0. The van der Waals surface area contributed by atoms with Crippen LogP contribution in [0, 0.1) is 5.82 Å². The highest BCUT2D eigenvalue weighted by Crippen LogP contribution is 2.34. The number of amides is 2. The molecule has 0 fully saturated rings. The lowest BCUT2D eigenvalue weighted by molar-refractivity contribution is -0.136. The molecule has 1 aliphatic rings. The van der Waals surface area contributed by atoms with Gasteiger partial charge in [-0.2, -0.15) is 0 Å². The summed E-state index contributed by atoms with van der Waals surface area (Å²) in [5.41, 5.74) is 1.28. The Bertz CT molecular complexity index is 999. The molecule has 0 radical (unpaired) electrons. The zero-order valence-electron chi connectivity index (χ0n) is 16.9. The molecule has 2 amide bonds. The van der Waals surface area contributed by atoms with Crippen LogP contribution in [0.3, 0.4) is 0 Å². The van der Waals surface area contributed by atoms with Crippen molar-refractivity contribution in [1.82, 2.24) is 4.90 Å². The van der Waals surface area contributed by atoms with Crippen LogP contribution >= 0.6 is 0 Å². The minimum atomic E-state index is -0.480. The van der Waals surface area contributed by atoms with Crippen LogP contribution in [-0.2, 0) is 9.59 Å². The molecule has 0 atom stereocenters. The minimum Gasteiger partial charge on any atom is -0.490 e. The Morgan fingerprint density at radius 3 is 2.30 bits per heavy atom. The first-order valence-corrected chi connectivity index (χ1v) is 9.64. The lowest BCUT2D eigenvalue weighted by Gasteiger charge is -2.15. The van der Waals surface area contributed by atoms with E-state index in [1.54, 1.807) is 18.2 Å². The van der Waals surface area contributed by atoms with Crippen LogP contribution in [0.25, 0.3) is 5.57 Å². The molecule has 7 heteroatoms. The second-order valence-electron chi connectivity index (χ2n) is 6.42. The van der Waals surface area contributed by atoms with E-state index in [9.17, 15) is 14.0 Å². The third-order valence-corrected chi connectivity index (χ3v) is 4.43. The van der Waals surface area contributed by atoms with Crippen molar-refractivity contribution in [3.05, 3.63) is 72.2 Å². The molecule has 1 heterocycles. The number of nitrogens with zero attached hydrogens (tertiary/aromatic N) is 1. The number of hydrogen-bond donors (Lipinski definition) is 1. The average Bonchev–Trinajstić information content (AvgIpc) is 2.96. The van der Waals surface area contributed by atoms with Crippen molar-refractivity contribution in [1.29, 1.82) is 0 Å². The van der Waals surface area contributed by atoms with E-state index in [0.717, 1.165) is 4.90 Å². The molecule has 6 nitrogen and oxygen atoms in total. The highest BCUT2D eigenvalue weighted by molar-refractivity contribution is 6.36. The molecule has 0 unspecified atom stereocenters. The summed E-state index contributed by atoms with van der Waals surface area (Å²) in [6.07, 6.45) is 1.48. The Morgan fingerprint density at radius 1 is 1.00 bits per heavy atom. The van der Waals surface area contributed by atoms with Crippen molar-refractivity contribution in [2.75, 3.05) is 25.1 Å². The average molecular weight is 410 g/mol. The molecule has 2 aromatic carbocycles. The van der Waals surface area contributed by atoms with Crippen LogP contribution in [0.4, 0.5) is 10.1 Å². The van der Waals surface area contributed by atoms with Gasteiger partial charge in [0.05, 0.1) is 18.8 Å². The number of anilines is 1. The van der Waals surface area contributed by atoms with Crippen molar-refractivity contribution in [2.24, 2.45) is 0 Å². The number of nitrogens with one attached hydrogen (secondary N) is 1. The fourth-order valence-corrected chi connectivity index (χ4v) is 3.14. The third-order valence-electron chi connectivity index (χ3n) is 4.43. The van der Waals surface area contributed by atoms with Gasteiger partial charge in [-0.25, -0.2) is 4.39 Å². The topological polar surface area (TPSA) is 67.9 Å². The van der Waals surface area contributed by atoms with Crippen molar-refractivity contribution < 1.29 is 23.5 Å². The highest BCUT2D eigenvalue weighted by atomic mass is 19.1. The van der Waals surface area contributed by atoms with Gasteiger partial charge in [0.1, 0.15) is 11.5 Å². The van der Waals surface area contributed by atoms with Gasteiger partial charge in [0.2, 0.25) is 0 Å². The van der Waals surface area contributed by atoms with Gasteiger partial charge in [0.15, 0.2) is 11.5 Å². The Labute approximate surface area is 174 Å². The van der Waals surface area contributed by atoms with Gasteiger partial charge in [0, 0.05) is 18.3 Å². The Balaban J connectivity index is 2.04. The van der Waals surface area contributed by atoms with Crippen molar-refractivity contribution in [2.45, 2.75) is 13.8 Å². The summed E-state index contributed by atoms with van der Waals surface area (Å²) in [6.45, 7) is 8.33. The predicted octanol–water partition coefficient (Wildman–Crippen LogP) is 4.00. The van der Waals surface area contributed by atoms with Gasteiger partial charge >= 0.3 is 0 Å². The second-order valence-corrected chi connectivity index (χ2v) is 6.42. The summed E-state index contributed by atoms with van der Waals surface area (Å²) in [4.78, 5) is 27.0. The quantitative estimate of drug-likeness (QED) is 0.500. The molecule has 0 saturated carbocycles. The largest absolute Gasteiger partial charge is 0.490 e. The normalized spacial score (nSPS) is 13.6. The van der Waals surface area contributed by atoms with Gasteiger partial charge in [-0.05, 0) is 43.7 Å². The monoisotopic (exact) mass is 410 g/mol. The number of imide groups is 1. The molecular formula is C23H23FN2O4. The summed E-state index contributed by atoms with van der Waals surface area (Å²) in [5.74, 6) is -0.273. The molecule has 1 N–H and O–H groups in total. The highest BCUT2D eigenvalue weighted by Gasteiger charge is 2.38. The van der Waals surface area contributed by atoms with E-state index < -0.39 is 17.6 Å². The SMILES string of the molecule is C=CCN1C(=O)C(Nc2ccc(OCC)c(OCC)c2)=C(c2ccc(F)cc2)C1=O. The number of halogens is 1. The van der Waals surface area contributed by atoms with Crippen molar-refractivity contribution in [3.8, 4) is 11.5 Å². The van der Waals surface area contributed by atoms with Gasteiger partial charge < -0.3 is 14.8 Å². The van der Waals surface area contributed by atoms with Gasteiger partial charge in [-0.1, -0.05) is 18.2 Å². The Morgan fingerprint density at radius 2 is 1.67 bits per heavy atom. The lowest BCUT2D eigenvalue weighted by Crippen LogP contribution is -2.32. The number of benzene rings is 2. The first-order valence-electron chi connectivity index (χ1n) is 9.64. The number of hydrogen-bond acceptors (Lipinski definition) is 5. The van der Waals surface area contributed by atoms with E-state index in [1.807, 2.05) is 13.8 Å². The molecule has 0 saturated heterocycles. The van der Waals surface area contributed by atoms with E-state index in [2.05, 4.69) is 11.9 Å². The number of rotatable bonds is 9. The van der Waals surface area contributed by atoms with Crippen LogP contribution in [-0.4, -0.2) is 36.5 Å². The lowest BCUT2D eigenvalue weighted by atomic mass is 10.0. The van der Waals surface area contributed by atoms with Crippen LogP contribution in [0.5, 0.6) is 11.5 Å². The molecule has 0 bridgehead atoms. The van der Waals surface area contributed by atoms with E-state index in [-0.39, 0.29) is 17.8 Å². The second kappa shape index (κ2) is 9.26. The molecule has 0 aliphatic carbocycles. The van der Waals surface area contributed by atoms with Crippen LogP contribution in [0.15, 0.2) is 60.8 Å². The summed E-state index contributed by atoms with van der Waals surface area (Å²) in [5, 5.41) is 3.04. The first kappa shape index (κ1) is 21.1. The zero-order chi connectivity index (χ0) is 21.7. The van der Waals surface area contributed by atoms with E-state index in [0.29, 0.717) is 36.0 Å². The number of carbonyl (C=O) groups excluding carboxylic acids is 2. The third kappa shape index (κ3) is 4.20. The Hall–Kier alpha value is -3.61. The van der Waals surface area contributed by atoms with Crippen LogP contribution in [0.2, 0.25) is 0 Å². The number of ether oxygens (including phenoxy) is 2. The smallest absolute Gasteiger partial charge is 0.278 e. The molecule has 156 valence electrons. The maximum Gasteiger partial charge on any atom is 0.278 e. The van der Waals surface area contributed by atoms with Gasteiger partial charge in [0.25, 0.3) is 11.8 Å². The fourth-order valence-electron chi connectivity index (χ4n) is 3.14. The molecule has 0 aromatic heterocycles. The van der Waals surface area contributed by atoms with E-state index in [4.69, 9.17) is 9.47 Å². The maximum atomic E-state index is 13.4. The molecule has 1 aliphatic heterocycles. The standard InChI is InChI=1S/C23H23FN2O4/c1-4-13-26-22(27)20(15-7-9-16(24)10-8-15)21(23(26)28)25-17-11-12-18(29-5-2)19(14-17)30-6-3/h4,7-12,14,25H,1,5-6,13H2,2-3H3. The summed E-state index contributed by atoms with van der Waals surface area (Å²) < 4.78 is 24.6.